The molecule has 0 aromatic heterocycles. The number of alkyl carbamates (subject to hydrolysis) is 1. The van der Waals surface area contributed by atoms with Crippen LogP contribution in [-0.4, -0.2) is 23.6 Å². The number of carbonyl (C=O) groups excluding carboxylic acids is 2. The number of amides is 2. The molecule has 2 aromatic carbocycles. The van der Waals surface area contributed by atoms with E-state index in [2.05, 4.69) is 16.0 Å². The van der Waals surface area contributed by atoms with E-state index in [0.29, 0.717) is 5.69 Å². The number of rotatable bonds is 5. The molecule has 0 aliphatic heterocycles. The van der Waals surface area contributed by atoms with Gasteiger partial charge in [-0.2, -0.15) is 0 Å². The highest BCUT2D eigenvalue weighted by molar-refractivity contribution is 5.99. The average molecular weight is 373 g/mol. The number of ether oxygens (including phenoxy) is 1. The minimum absolute atomic E-state index is 0.265. The molecule has 2 rings (SSSR count). The van der Waals surface area contributed by atoms with Crippen LogP contribution in [-0.2, 0) is 9.53 Å². The first-order valence-electron chi connectivity index (χ1n) is 8.56. The van der Waals surface area contributed by atoms with Crippen molar-refractivity contribution in [3.05, 3.63) is 54.3 Å². The summed E-state index contributed by atoms with van der Waals surface area (Å²) in [7, 11) is 0. The van der Waals surface area contributed by atoms with E-state index in [-0.39, 0.29) is 5.69 Å². The molecule has 0 aliphatic carbocycles. The van der Waals surface area contributed by atoms with Gasteiger partial charge in [0, 0.05) is 5.69 Å². The van der Waals surface area contributed by atoms with Crippen molar-refractivity contribution in [2.75, 3.05) is 10.6 Å². The largest absolute Gasteiger partial charge is 0.444 e. The molecule has 0 radical (unpaired) electrons. The van der Waals surface area contributed by atoms with Gasteiger partial charge in [-0.1, -0.05) is 18.2 Å². The summed E-state index contributed by atoms with van der Waals surface area (Å²) < 4.78 is 18.8. The summed E-state index contributed by atoms with van der Waals surface area (Å²) in [6.07, 6.45) is -0.702. The molecule has 0 aliphatic rings. The quantitative estimate of drug-likeness (QED) is 0.725. The highest BCUT2D eigenvalue weighted by atomic mass is 19.1. The monoisotopic (exact) mass is 373 g/mol. The SMILES string of the molecule is CC(NC(=O)OC(C)(C)C)C(=O)Nc1cc(F)ccc1Nc1ccccc1. The van der Waals surface area contributed by atoms with Crippen LogP contribution in [0, 0.1) is 5.82 Å². The van der Waals surface area contributed by atoms with Gasteiger partial charge < -0.3 is 20.7 Å². The number of hydrogen-bond acceptors (Lipinski definition) is 4. The third-order valence-corrected chi connectivity index (χ3v) is 3.42. The molecule has 6 nitrogen and oxygen atoms in total. The Hall–Kier alpha value is -3.09. The van der Waals surface area contributed by atoms with Crippen molar-refractivity contribution in [3.8, 4) is 0 Å². The maximum Gasteiger partial charge on any atom is 0.408 e. The van der Waals surface area contributed by atoms with Crippen molar-refractivity contribution in [2.24, 2.45) is 0 Å². The molecule has 0 heterocycles. The van der Waals surface area contributed by atoms with E-state index in [1.165, 1.54) is 25.1 Å². The van der Waals surface area contributed by atoms with Crippen LogP contribution < -0.4 is 16.0 Å². The molecule has 0 saturated carbocycles. The molecule has 27 heavy (non-hydrogen) atoms. The first-order valence-corrected chi connectivity index (χ1v) is 8.56. The van der Waals surface area contributed by atoms with Gasteiger partial charge in [-0.3, -0.25) is 4.79 Å². The Morgan fingerprint density at radius 1 is 1.04 bits per heavy atom. The summed E-state index contributed by atoms with van der Waals surface area (Å²) in [6.45, 7) is 6.70. The second-order valence-electron chi connectivity index (χ2n) is 7.04. The number of benzene rings is 2. The van der Waals surface area contributed by atoms with Crippen molar-refractivity contribution < 1.29 is 18.7 Å². The van der Waals surface area contributed by atoms with Gasteiger partial charge >= 0.3 is 6.09 Å². The predicted molar refractivity (Wildman–Crippen MR) is 104 cm³/mol. The topological polar surface area (TPSA) is 79.5 Å². The smallest absolute Gasteiger partial charge is 0.408 e. The van der Waals surface area contributed by atoms with Gasteiger partial charge in [-0.25, -0.2) is 9.18 Å². The maximum absolute atomic E-state index is 13.7. The van der Waals surface area contributed by atoms with Crippen molar-refractivity contribution in [2.45, 2.75) is 39.3 Å². The number of carbonyl (C=O) groups is 2. The van der Waals surface area contributed by atoms with Crippen LogP contribution in [0.2, 0.25) is 0 Å². The van der Waals surface area contributed by atoms with Crippen molar-refractivity contribution in [1.82, 2.24) is 5.32 Å². The lowest BCUT2D eigenvalue weighted by molar-refractivity contribution is -0.117. The van der Waals surface area contributed by atoms with Crippen LogP contribution in [0.4, 0.5) is 26.2 Å². The number of halogens is 1. The Balaban J connectivity index is 2.08. The molecule has 3 N–H and O–H groups in total. The molecule has 1 unspecified atom stereocenters. The van der Waals surface area contributed by atoms with Crippen LogP contribution in [0.1, 0.15) is 27.7 Å². The van der Waals surface area contributed by atoms with E-state index >= 15 is 0 Å². The summed E-state index contributed by atoms with van der Waals surface area (Å²) in [4.78, 5) is 24.2. The second kappa shape index (κ2) is 8.53. The minimum atomic E-state index is -0.868. The van der Waals surface area contributed by atoms with Crippen LogP contribution in [0.3, 0.4) is 0 Å². The summed E-state index contributed by atoms with van der Waals surface area (Å²) in [5.41, 5.74) is 0.914. The molecule has 7 heteroatoms. The normalized spacial score (nSPS) is 12.0. The molecule has 0 bridgehead atoms. The number of para-hydroxylation sites is 1. The van der Waals surface area contributed by atoms with E-state index in [1.54, 1.807) is 20.8 Å². The van der Waals surface area contributed by atoms with Crippen molar-refractivity contribution in [1.29, 1.82) is 0 Å². The Kier molecular flexibility index (Phi) is 6.39. The van der Waals surface area contributed by atoms with Gasteiger partial charge in [0.2, 0.25) is 5.91 Å². The molecule has 144 valence electrons. The fourth-order valence-corrected chi connectivity index (χ4v) is 2.20. The minimum Gasteiger partial charge on any atom is -0.444 e. The van der Waals surface area contributed by atoms with Crippen molar-refractivity contribution in [3.63, 3.8) is 0 Å². The highest BCUT2D eigenvalue weighted by Gasteiger charge is 2.21. The zero-order valence-electron chi connectivity index (χ0n) is 15.8. The predicted octanol–water partition coefficient (Wildman–Crippen LogP) is 4.42. The van der Waals surface area contributed by atoms with E-state index in [1.807, 2.05) is 30.3 Å². The first-order chi connectivity index (χ1) is 12.6. The summed E-state index contributed by atoms with van der Waals surface area (Å²) in [5.74, 6) is -0.987. The summed E-state index contributed by atoms with van der Waals surface area (Å²) in [6, 6.07) is 12.5. The lowest BCUT2D eigenvalue weighted by Crippen LogP contribution is -2.44. The fraction of sp³-hybridized carbons (Fsp3) is 0.300. The van der Waals surface area contributed by atoms with Gasteiger partial charge in [-0.15, -0.1) is 0 Å². The third kappa shape index (κ3) is 6.62. The van der Waals surface area contributed by atoms with Gasteiger partial charge in [0.05, 0.1) is 11.4 Å². The summed E-state index contributed by atoms with van der Waals surface area (Å²) >= 11 is 0. The van der Waals surface area contributed by atoms with E-state index < -0.39 is 29.5 Å². The maximum atomic E-state index is 13.7. The Morgan fingerprint density at radius 3 is 2.33 bits per heavy atom. The molecule has 0 spiro atoms. The zero-order chi connectivity index (χ0) is 20.0. The molecular formula is C20H24FN3O3. The van der Waals surface area contributed by atoms with Gasteiger partial charge in [0.1, 0.15) is 17.5 Å². The first kappa shape index (κ1) is 20.2. The average Bonchev–Trinajstić information content (AvgIpc) is 2.56. The summed E-state index contributed by atoms with van der Waals surface area (Å²) in [5, 5.41) is 8.20. The molecular weight excluding hydrogens is 349 g/mol. The van der Waals surface area contributed by atoms with Gasteiger partial charge in [-0.05, 0) is 58.0 Å². The lowest BCUT2D eigenvalue weighted by Gasteiger charge is -2.22. The lowest BCUT2D eigenvalue weighted by atomic mass is 10.2. The Morgan fingerprint density at radius 2 is 1.70 bits per heavy atom. The molecule has 2 amide bonds. The Labute approximate surface area is 158 Å². The highest BCUT2D eigenvalue weighted by Crippen LogP contribution is 2.26. The van der Waals surface area contributed by atoms with Crippen LogP contribution in [0.15, 0.2) is 48.5 Å². The Bertz CT molecular complexity index is 804. The van der Waals surface area contributed by atoms with Crippen LogP contribution >= 0.6 is 0 Å². The van der Waals surface area contributed by atoms with Crippen LogP contribution in [0.5, 0.6) is 0 Å². The molecule has 0 fully saturated rings. The fourth-order valence-electron chi connectivity index (χ4n) is 2.20. The van der Waals surface area contributed by atoms with Crippen LogP contribution in [0.25, 0.3) is 0 Å². The van der Waals surface area contributed by atoms with E-state index in [0.717, 1.165) is 5.69 Å². The van der Waals surface area contributed by atoms with Gasteiger partial charge in [0.15, 0.2) is 0 Å². The van der Waals surface area contributed by atoms with Gasteiger partial charge in [0.25, 0.3) is 0 Å². The standard InChI is InChI=1S/C20H24FN3O3/c1-13(22-19(26)27-20(2,3)4)18(25)24-17-12-14(21)10-11-16(17)23-15-8-6-5-7-9-15/h5-13,23H,1-4H3,(H,22,26)(H,24,25). The number of anilines is 3. The van der Waals surface area contributed by atoms with Crippen molar-refractivity contribution >= 4 is 29.1 Å². The number of hydrogen-bond donors (Lipinski definition) is 3. The second-order valence-corrected chi connectivity index (χ2v) is 7.04. The van der Waals surface area contributed by atoms with E-state index in [4.69, 9.17) is 4.74 Å². The number of nitrogens with one attached hydrogen (secondary N) is 3. The molecule has 0 saturated heterocycles. The molecule has 1 atom stereocenters. The zero-order valence-corrected chi connectivity index (χ0v) is 15.8. The molecule has 2 aromatic rings. The third-order valence-electron chi connectivity index (χ3n) is 3.42. The van der Waals surface area contributed by atoms with E-state index in [9.17, 15) is 14.0 Å².